The summed E-state index contributed by atoms with van der Waals surface area (Å²) in [5.74, 6) is 7.55. The van der Waals surface area contributed by atoms with Gasteiger partial charge in [-0.25, -0.2) is 15.8 Å². The molecule has 1 fully saturated rings. The number of hydrogen-bond donors (Lipinski definition) is 2. The number of aromatic nitrogens is 2. The van der Waals surface area contributed by atoms with E-state index >= 15 is 0 Å². The quantitative estimate of drug-likeness (QED) is 0.490. The van der Waals surface area contributed by atoms with E-state index in [-0.39, 0.29) is 0 Å². The van der Waals surface area contributed by atoms with Crippen LogP contribution in [0.5, 0.6) is 0 Å². The number of nitrogens with zero attached hydrogens (tertiary/aromatic N) is 2. The zero-order valence-corrected chi connectivity index (χ0v) is 13.7. The van der Waals surface area contributed by atoms with Gasteiger partial charge in [0.05, 0.1) is 10.0 Å². The number of nitrogen functional groups attached to an aromatic ring is 1. The molecule has 3 N–H and O–H groups in total. The molecule has 0 amide bonds. The topological polar surface area (TPSA) is 63.8 Å². The SMILES string of the molecule is Cc1c(NN)nc(C2CC2)nc1Sc1ccc(Cl)c(Cl)c1. The summed E-state index contributed by atoms with van der Waals surface area (Å²) in [6.45, 7) is 1.95. The standard InChI is InChI=1S/C14H14Cl2N4S/c1-7-12(20-17)18-13(8-2-3-8)19-14(7)21-9-4-5-10(15)11(16)6-9/h4-6,8H,2-3,17H2,1H3,(H,18,19,20). The minimum absolute atomic E-state index is 0.464. The van der Waals surface area contributed by atoms with Crippen molar-refractivity contribution >= 4 is 40.8 Å². The van der Waals surface area contributed by atoms with Crippen molar-refractivity contribution in [2.45, 2.75) is 35.6 Å². The van der Waals surface area contributed by atoms with Crippen LogP contribution in [0.2, 0.25) is 10.0 Å². The van der Waals surface area contributed by atoms with Gasteiger partial charge in [-0.15, -0.1) is 0 Å². The summed E-state index contributed by atoms with van der Waals surface area (Å²) in [5, 5.41) is 1.97. The Morgan fingerprint density at radius 3 is 2.62 bits per heavy atom. The molecule has 0 unspecified atom stereocenters. The molecule has 1 aromatic carbocycles. The summed E-state index contributed by atoms with van der Waals surface area (Å²) in [5.41, 5.74) is 3.58. The van der Waals surface area contributed by atoms with Crippen molar-refractivity contribution in [3.8, 4) is 0 Å². The lowest BCUT2D eigenvalue weighted by Crippen LogP contribution is -2.13. The van der Waals surface area contributed by atoms with Crippen molar-refractivity contribution in [3.05, 3.63) is 39.6 Å². The average Bonchev–Trinajstić information content (AvgIpc) is 3.29. The average molecular weight is 341 g/mol. The second kappa shape index (κ2) is 6.01. The number of hydrazine groups is 1. The first-order chi connectivity index (χ1) is 10.1. The van der Waals surface area contributed by atoms with E-state index in [2.05, 4.69) is 15.4 Å². The molecular weight excluding hydrogens is 327 g/mol. The number of nitrogens with two attached hydrogens (primary N) is 1. The normalized spacial score (nSPS) is 14.3. The van der Waals surface area contributed by atoms with Crippen LogP contribution in [-0.2, 0) is 0 Å². The Morgan fingerprint density at radius 1 is 1.24 bits per heavy atom. The fourth-order valence-corrected chi connectivity index (χ4v) is 3.22. The van der Waals surface area contributed by atoms with Gasteiger partial charge >= 0.3 is 0 Å². The molecule has 0 radical (unpaired) electrons. The molecule has 1 heterocycles. The van der Waals surface area contributed by atoms with Crippen LogP contribution in [0.15, 0.2) is 28.1 Å². The summed E-state index contributed by atoms with van der Waals surface area (Å²) in [6, 6.07) is 5.54. The molecule has 0 saturated heterocycles. The lowest BCUT2D eigenvalue weighted by Gasteiger charge is -2.11. The van der Waals surface area contributed by atoms with Crippen LogP contribution in [0.1, 0.15) is 30.1 Å². The van der Waals surface area contributed by atoms with Crippen molar-refractivity contribution in [1.82, 2.24) is 9.97 Å². The fourth-order valence-electron chi connectivity index (χ4n) is 1.93. The molecule has 1 aromatic heterocycles. The van der Waals surface area contributed by atoms with Crippen LogP contribution in [0.4, 0.5) is 5.82 Å². The molecule has 0 atom stereocenters. The summed E-state index contributed by atoms with van der Waals surface area (Å²) < 4.78 is 0. The van der Waals surface area contributed by atoms with Crippen LogP contribution in [0.3, 0.4) is 0 Å². The third-order valence-electron chi connectivity index (χ3n) is 3.30. The van der Waals surface area contributed by atoms with Crippen LogP contribution < -0.4 is 11.3 Å². The van der Waals surface area contributed by atoms with Crippen molar-refractivity contribution in [2.75, 3.05) is 5.43 Å². The van der Waals surface area contributed by atoms with Gasteiger partial charge in [-0.05, 0) is 38.0 Å². The lowest BCUT2D eigenvalue weighted by molar-refractivity contribution is 0.862. The van der Waals surface area contributed by atoms with Gasteiger partial charge in [0.1, 0.15) is 16.7 Å². The Morgan fingerprint density at radius 2 is 2.00 bits per heavy atom. The van der Waals surface area contributed by atoms with Gasteiger partial charge < -0.3 is 5.43 Å². The summed E-state index contributed by atoms with van der Waals surface area (Å²) in [4.78, 5) is 10.1. The van der Waals surface area contributed by atoms with Gasteiger partial charge in [0.2, 0.25) is 0 Å². The molecule has 0 spiro atoms. The van der Waals surface area contributed by atoms with Crippen LogP contribution >= 0.6 is 35.0 Å². The predicted octanol–water partition coefficient (Wildman–Crippen LogP) is 4.41. The highest BCUT2D eigenvalue weighted by Gasteiger charge is 2.28. The first-order valence-electron chi connectivity index (χ1n) is 6.56. The van der Waals surface area contributed by atoms with Crippen molar-refractivity contribution in [2.24, 2.45) is 5.84 Å². The number of hydrogen-bond acceptors (Lipinski definition) is 5. The van der Waals surface area contributed by atoms with Gasteiger partial charge in [-0.2, -0.15) is 0 Å². The van der Waals surface area contributed by atoms with Crippen molar-refractivity contribution < 1.29 is 0 Å². The third kappa shape index (κ3) is 3.26. The zero-order chi connectivity index (χ0) is 15.0. The van der Waals surface area contributed by atoms with Crippen LogP contribution in [0, 0.1) is 6.92 Å². The molecule has 3 rings (SSSR count). The second-order valence-corrected chi connectivity index (χ2v) is 6.83. The fraction of sp³-hybridized carbons (Fsp3) is 0.286. The molecule has 110 valence electrons. The van der Waals surface area contributed by atoms with Gasteiger partial charge in [-0.3, -0.25) is 0 Å². The molecule has 2 aromatic rings. The number of rotatable bonds is 4. The van der Waals surface area contributed by atoms with E-state index in [0.29, 0.717) is 21.8 Å². The summed E-state index contributed by atoms with van der Waals surface area (Å²) in [6.07, 6.45) is 2.29. The molecule has 0 aliphatic heterocycles. The van der Waals surface area contributed by atoms with E-state index in [1.165, 1.54) is 11.8 Å². The van der Waals surface area contributed by atoms with E-state index in [9.17, 15) is 0 Å². The van der Waals surface area contributed by atoms with Gasteiger partial charge in [0, 0.05) is 16.4 Å². The Labute approximate surface area is 137 Å². The maximum atomic E-state index is 6.06. The summed E-state index contributed by atoms with van der Waals surface area (Å²) >= 11 is 13.5. The third-order valence-corrected chi connectivity index (χ3v) is 5.12. The molecule has 1 saturated carbocycles. The Bertz CT molecular complexity index is 689. The Kier molecular flexibility index (Phi) is 4.26. The molecule has 7 heteroatoms. The minimum atomic E-state index is 0.464. The molecule has 4 nitrogen and oxygen atoms in total. The molecule has 21 heavy (non-hydrogen) atoms. The maximum Gasteiger partial charge on any atom is 0.147 e. The molecule has 1 aliphatic carbocycles. The van der Waals surface area contributed by atoms with E-state index in [0.717, 1.165) is 34.2 Å². The van der Waals surface area contributed by atoms with Crippen molar-refractivity contribution in [3.63, 3.8) is 0 Å². The lowest BCUT2D eigenvalue weighted by atomic mass is 10.3. The smallest absolute Gasteiger partial charge is 0.147 e. The van der Waals surface area contributed by atoms with Gasteiger partial charge in [0.15, 0.2) is 0 Å². The highest BCUT2D eigenvalue weighted by molar-refractivity contribution is 7.99. The van der Waals surface area contributed by atoms with E-state index < -0.39 is 0 Å². The van der Waals surface area contributed by atoms with Crippen LogP contribution in [0.25, 0.3) is 0 Å². The predicted molar refractivity (Wildman–Crippen MR) is 87.1 cm³/mol. The largest absolute Gasteiger partial charge is 0.308 e. The number of anilines is 1. The van der Waals surface area contributed by atoms with Crippen molar-refractivity contribution in [1.29, 1.82) is 0 Å². The summed E-state index contributed by atoms with van der Waals surface area (Å²) in [7, 11) is 0. The molecule has 1 aliphatic rings. The number of benzene rings is 1. The first kappa shape index (κ1) is 14.9. The van der Waals surface area contributed by atoms with Gasteiger partial charge in [0.25, 0.3) is 0 Å². The first-order valence-corrected chi connectivity index (χ1v) is 8.13. The number of halogens is 2. The Hall–Kier alpha value is -1.01. The Balaban J connectivity index is 1.96. The minimum Gasteiger partial charge on any atom is -0.308 e. The highest BCUT2D eigenvalue weighted by Crippen LogP contribution is 2.41. The van der Waals surface area contributed by atoms with E-state index in [4.69, 9.17) is 29.0 Å². The van der Waals surface area contributed by atoms with E-state index in [1.807, 2.05) is 19.1 Å². The monoisotopic (exact) mass is 340 g/mol. The molecular formula is C14H14Cl2N4S. The van der Waals surface area contributed by atoms with E-state index in [1.54, 1.807) is 6.07 Å². The zero-order valence-electron chi connectivity index (χ0n) is 11.4. The maximum absolute atomic E-state index is 6.06. The second-order valence-electron chi connectivity index (χ2n) is 4.96. The van der Waals surface area contributed by atoms with Crippen LogP contribution in [-0.4, -0.2) is 9.97 Å². The molecule has 0 bridgehead atoms. The highest BCUT2D eigenvalue weighted by atomic mass is 35.5. The van der Waals surface area contributed by atoms with Gasteiger partial charge in [-0.1, -0.05) is 35.0 Å². The number of nitrogens with one attached hydrogen (secondary N) is 1.